The van der Waals surface area contributed by atoms with E-state index in [2.05, 4.69) is 59.1 Å². The van der Waals surface area contributed by atoms with Crippen LogP contribution in [0.25, 0.3) is 0 Å². The van der Waals surface area contributed by atoms with Gasteiger partial charge in [0.05, 0.1) is 30.2 Å². The third-order valence-electron chi connectivity index (χ3n) is 5.58. The zero-order valence-corrected chi connectivity index (χ0v) is 16.9. The van der Waals surface area contributed by atoms with Crippen molar-refractivity contribution in [1.29, 1.82) is 0 Å². The fraction of sp³-hybridized carbons (Fsp3) is 0.409. The molecule has 3 heterocycles. The van der Waals surface area contributed by atoms with Gasteiger partial charge in [-0.3, -0.25) is 4.98 Å². The van der Waals surface area contributed by atoms with Gasteiger partial charge < -0.3 is 14.5 Å². The van der Waals surface area contributed by atoms with Crippen LogP contribution in [0.2, 0.25) is 5.02 Å². The van der Waals surface area contributed by atoms with E-state index in [1.807, 2.05) is 25.4 Å². The van der Waals surface area contributed by atoms with Gasteiger partial charge in [0.2, 0.25) is 0 Å². The van der Waals surface area contributed by atoms with Gasteiger partial charge in [0.1, 0.15) is 11.9 Å². The third-order valence-corrected chi connectivity index (χ3v) is 5.82. The molecule has 0 aliphatic carbocycles. The Morgan fingerprint density at radius 2 is 2.11 bits per heavy atom. The molecule has 0 bridgehead atoms. The number of rotatable bonds is 4. The second-order valence-electron chi connectivity index (χ2n) is 7.83. The maximum Gasteiger partial charge on any atom is 0.140 e. The van der Waals surface area contributed by atoms with Crippen LogP contribution in [0, 0.1) is 0 Å². The Morgan fingerprint density at radius 1 is 1.26 bits per heavy atom. The summed E-state index contributed by atoms with van der Waals surface area (Å²) < 4.78 is 6.23. The SMILES string of the molecule is CC=CN1CCC(Oc2cncc(N3Cc4ccc(Cl)cc4C3(C)C)c2)C1. The highest BCUT2D eigenvalue weighted by Crippen LogP contribution is 2.43. The first-order chi connectivity index (χ1) is 13.0. The van der Waals surface area contributed by atoms with E-state index in [0.29, 0.717) is 0 Å². The topological polar surface area (TPSA) is 28.6 Å². The molecule has 5 heteroatoms. The van der Waals surface area contributed by atoms with Crippen molar-refractivity contribution in [2.75, 3.05) is 18.0 Å². The molecule has 2 aliphatic rings. The first kappa shape index (κ1) is 18.2. The highest BCUT2D eigenvalue weighted by atomic mass is 35.5. The number of aromatic nitrogens is 1. The van der Waals surface area contributed by atoms with Crippen molar-refractivity contribution >= 4 is 17.3 Å². The fourth-order valence-corrected chi connectivity index (χ4v) is 4.36. The second kappa shape index (κ2) is 7.08. The fourth-order valence-electron chi connectivity index (χ4n) is 4.19. The van der Waals surface area contributed by atoms with Crippen LogP contribution in [0.5, 0.6) is 5.75 Å². The molecule has 1 aromatic carbocycles. The van der Waals surface area contributed by atoms with Gasteiger partial charge in [-0.25, -0.2) is 0 Å². The summed E-state index contributed by atoms with van der Waals surface area (Å²) in [4.78, 5) is 9.12. The Labute approximate surface area is 166 Å². The second-order valence-corrected chi connectivity index (χ2v) is 8.27. The van der Waals surface area contributed by atoms with E-state index in [-0.39, 0.29) is 11.6 Å². The number of halogens is 1. The molecule has 27 heavy (non-hydrogen) atoms. The Kier molecular flexibility index (Phi) is 4.77. The molecule has 4 nitrogen and oxygen atoms in total. The minimum Gasteiger partial charge on any atom is -0.487 e. The van der Waals surface area contributed by atoms with Gasteiger partial charge in [0.15, 0.2) is 0 Å². The lowest BCUT2D eigenvalue weighted by Crippen LogP contribution is -2.35. The van der Waals surface area contributed by atoms with Crippen molar-refractivity contribution in [1.82, 2.24) is 9.88 Å². The van der Waals surface area contributed by atoms with E-state index < -0.39 is 0 Å². The summed E-state index contributed by atoms with van der Waals surface area (Å²) in [6.07, 6.45) is 9.18. The molecule has 1 unspecified atom stereocenters. The standard InChI is InChI=1S/C22H26ClN3O/c1-4-8-25-9-7-19(15-25)27-20-11-18(12-24-13-20)26-14-16-5-6-17(23)10-21(16)22(26,2)3/h4-6,8,10-13,19H,7,9,14-15H2,1-3H3. The predicted octanol–water partition coefficient (Wildman–Crippen LogP) is 4.98. The number of likely N-dealkylation sites (tertiary alicyclic amines) is 1. The molecular formula is C22H26ClN3O. The summed E-state index contributed by atoms with van der Waals surface area (Å²) >= 11 is 6.24. The average Bonchev–Trinajstić information content (AvgIpc) is 3.18. The number of fused-ring (bicyclic) bond motifs is 1. The van der Waals surface area contributed by atoms with Gasteiger partial charge in [-0.15, -0.1) is 0 Å². The number of allylic oxidation sites excluding steroid dienone is 1. The first-order valence-electron chi connectivity index (χ1n) is 9.52. The van der Waals surface area contributed by atoms with Crippen LogP contribution in [0.4, 0.5) is 5.69 Å². The summed E-state index contributed by atoms with van der Waals surface area (Å²) in [6.45, 7) is 9.32. The lowest BCUT2D eigenvalue weighted by molar-refractivity contribution is 0.211. The normalized spacial score (nSPS) is 21.1. The van der Waals surface area contributed by atoms with Crippen molar-refractivity contribution in [3.63, 3.8) is 0 Å². The lowest BCUT2D eigenvalue weighted by atomic mass is 9.93. The van der Waals surface area contributed by atoms with Crippen molar-refractivity contribution in [3.8, 4) is 5.75 Å². The molecule has 0 spiro atoms. The molecule has 2 aromatic rings. The summed E-state index contributed by atoms with van der Waals surface area (Å²) in [6, 6.07) is 8.29. The van der Waals surface area contributed by atoms with Crippen LogP contribution in [0.1, 0.15) is 38.3 Å². The molecule has 0 radical (unpaired) electrons. The highest BCUT2D eigenvalue weighted by Gasteiger charge is 2.37. The molecule has 142 valence electrons. The van der Waals surface area contributed by atoms with Crippen LogP contribution in [-0.4, -0.2) is 29.1 Å². The van der Waals surface area contributed by atoms with Crippen LogP contribution in [0.15, 0.2) is 48.9 Å². The highest BCUT2D eigenvalue weighted by molar-refractivity contribution is 6.30. The number of ether oxygens (including phenoxy) is 1. The molecule has 0 saturated carbocycles. The molecular weight excluding hydrogens is 358 g/mol. The van der Waals surface area contributed by atoms with E-state index in [0.717, 1.165) is 42.5 Å². The monoisotopic (exact) mass is 383 g/mol. The predicted molar refractivity (Wildman–Crippen MR) is 110 cm³/mol. The quantitative estimate of drug-likeness (QED) is 0.744. The zero-order valence-electron chi connectivity index (χ0n) is 16.2. The Morgan fingerprint density at radius 3 is 2.93 bits per heavy atom. The minimum absolute atomic E-state index is 0.142. The Hall–Kier alpha value is -2.20. The molecule has 1 aromatic heterocycles. The number of hydrogen-bond acceptors (Lipinski definition) is 4. The number of hydrogen-bond donors (Lipinski definition) is 0. The van der Waals surface area contributed by atoms with E-state index >= 15 is 0 Å². The Balaban J connectivity index is 1.53. The van der Waals surface area contributed by atoms with E-state index in [4.69, 9.17) is 16.3 Å². The van der Waals surface area contributed by atoms with Crippen LogP contribution < -0.4 is 9.64 Å². The number of anilines is 1. The van der Waals surface area contributed by atoms with Gasteiger partial charge in [0.25, 0.3) is 0 Å². The van der Waals surface area contributed by atoms with Gasteiger partial charge in [-0.1, -0.05) is 23.7 Å². The maximum atomic E-state index is 6.24. The van der Waals surface area contributed by atoms with Gasteiger partial charge in [-0.2, -0.15) is 0 Å². The summed E-state index contributed by atoms with van der Waals surface area (Å²) in [5.41, 5.74) is 3.53. The molecule has 2 aliphatic heterocycles. The van der Waals surface area contributed by atoms with Gasteiger partial charge >= 0.3 is 0 Å². The van der Waals surface area contributed by atoms with Gasteiger partial charge in [0, 0.05) is 30.6 Å². The molecule has 0 amide bonds. The van der Waals surface area contributed by atoms with Crippen LogP contribution in [0.3, 0.4) is 0 Å². The average molecular weight is 384 g/mol. The zero-order chi connectivity index (χ0) is 19.0. The summed E-state index contributed by atoms with van der Waals surface area (Å²) in [5.74, 6) is 0.838. The van der Waals surface area contributed by atoms with E-state index in [1.165, 1.54) is 11.1 Å². The minimum atomic E-state index is -0.142. The summed E-state index contributed by atoms with van der Waals surface area (Å²) in [5, 5.41) is 0.783. The largest absolute Gasteiger partial charge is 0.487 e. The lowest BCUT2D eigenvalue weighted by Gasteiger charge is -2.34. The first-order valence-corrected chi connectivity index (χ1v) is 9.90. The molecule has 0 N–H and O–H groups in total. The van der Waals surface area contributed by atoms with Crippen LogP contribution >= 0.6 is 11.6 Å². The van der Waals surface area contributed by atoms with Gasteiger partial charge in [-0.05, 0) is 50.2 Å². The van der Waals surface area contributed by atoms with Crippen molar-refractivity contribution < 1.29 is 4.74 Å². The number of pyridine rings is 1. The molecule has 1 atom stereocenters. The molecule has 1 fully saturated rings. The molecule has 4 rings (SSSR count). The smallest absolute Gasteiger partial charge is 0.140 e. The van der Waals surface area contributed by atoms with Crippen LogP contribution in [-0.2, 0) is 12.1 Å². The third kappa shape index (κ3) is 3.51. The number of benzene rings is 1. The van der Waals surface area contributed by atoms with Crippen molar-refractivity contribution in [2.45, 2.75) is 45.4 Å². The summed E-state index contributed by atoms with van der Waals surface area (Å²) in [7, 11) is 0. The molecule has 1 saturated heterocycles. The number of nitrogens with zero attached hydrogens (tertiary/aromatic N) is 3. The maximum absolute atomic E-state index is 6.24. The van der Waals surface area contributed by atoms with Crippen molar-refractivity contribution in [3.05, 3.63) is 65.1 Å². The van der Waals surface area contributed by atoms with E-state index in [9.17, 15) is 0 Å². The van der Waals surface area contributed by atoms with E-state index in [1.54, 1.807) is 0 Å². The Bertz CT molecular complexity index is 864. The van der Waals surface area contributed by atoms with Crippen molar-refractivity contribution in [2.24, 2.45) is 0 Å².